The molecule has 1 fully saturated rings. The second kappa shape index (κ2) is 4.95. The molecule has 0 aromatic carbocycles. The van der Waals surface area contributed by atoms with Gasteiger partial charge in [-0.15, -0.1) is 0 Å². The van der Waals surface area contributed by atoms with Gasteiger partial charge in [-0.1, -0.05) is 0 Å². The lowest BCUT2D eigenvalue weighted by atomic mass is 10.4. The van der Waals surface area contributed by atoms with Crippen LogP contribution in [-0.2, 0) is 4.74 Å². The summed E-state index contributed by atoms with van der Waals surface area (Å²) in [5.41, 5.74) is 0. The number of rotatable bonds is 3. The van der Waals surface area contributed by atoms with E-state index in [-0.39, 0.29) is 6.10 Å². The van der Waals surface area contributed by atoms with Crippen LogP contribution >= 0.6 is 23.3 Å². The van der Waals surface area contributed by atoms with E-state index in [1.54, 1.807) is 0 Å². The fourth-order valence-electron chi connectivity index (χ4n) is 1.23. The van der Waals surface area contributed by atoms with Crippen LogP contribution in [0.1, 0.15) is 18.9 Å². The Hall–Kier alpha value is -0.330. The van der Waals surface area contributed by atoms with Crippen molar-refractivity contribution in [3.63, 3.8) is 0 Å². The minimum atomic E-state index is 0.0948. The highest BCUT2D eigenvalue weighted by molar-refractivity contribution is 7.99. The zero-order valence-electron chi connectivity index (χ0n) is 8.02. The van der Waals surface area contributed by atoms with Gasteiger partial charge < -0.3 is 10.1 Å². The zero-order valence-corrected chi connectivity index (χ0v) is 9.66. The smallest absolute Gasteiger partial charge is 0.202 e. The Morgan fingerprint density at radius 3 is 3.29 bits per heavy atom. The molecule has 1 aliphatic heterocycles. The molecule has 0 aliphatic carbocycles. The van der Waals surface area contributed by atoms with Gasteiger partial charge in [-0.25, -0.2) is 4.98 Å². The molecule has 0 bridgehead atoms. The van der Waals surface area contributed by atoms with E-state index >= 15 is 0 Å². The Bertz CT molecular complexity index is 286. The van der Waals surface area contributed by atoms with E-state index in [2.05, 4.69) is 14.7 Å². The number of thioether (sulfide) groups is 1. The maximum atomic E-state index is 5.59. The number of ether oxygens (including phenoxy) is 1. The van der Waals surface area contributed by atoms with E-state index in [4.69, 9.17) is 4.74 Å². The third-order valence-electron chi connectivity index (χ3n) is 1.87. The van der Waals surface area contributed by atoms with Gasteiger partial charge in [-0.05, 0) is 6.92 Å². The van der Waals surface area contributed by atoms with Crippen molar-refractivity contribution in [1.29, 1.82) is 0 Å². The molecule has 1 aromatic heterocycles. The number of aromatic nitrogens is 2. The topological polar surface area (TPSA) is 47.0 Å². The van der Waals surface area contributed by atoms with Crippen molar-refractivity contribution in [2.75, 3.05) is 30.0 Å². The highest BCUT2D eigenvalue weighted by Gasteiger charge is 2.20. The molecule has 0 spiro atoms. The maximum Gasteiger partial charge on any atom is 0.202 e. The number of nitrogens with one attached hydrogen (secondary N) is 1. The predicted molar refractivity (Wildman–Crippen MR) is 60.1 cm³/mol. The number of anilines is 1. The lowest BCUT2D eigenvalue weighted by Gasteiger charge is -2.19. The fourth-order valence-corrected chi connectivity index (χ4v) is 2.75. The van der Waals surface area contributed by atoms with Crippen LogP contribution in [0.4, 0.5) is 5.13 Å². The van der Waals surface area contributed by atoms with Gasteiger partial charge in [0, 0.05) is 29.6 Å². The molecule has 0 radical (unpaired) electrons. The number of nitrogens with zero attached hydrogens (tertiary/aromatic N) is 2. The van der Waals surface area contributed by atoms with Gasteiger partial charge in [-0.2, -0.15) is 16.1 Å². The molecule has 6 heteroatoms. The lowest BCUT2D eigenvalue weighted by Crippen LogP contribution is -2.16. The molecule has 1 N–H and O–H groups in total. The number of hydrogen-bond donors (Lipinski definition) is 1. The van der Waals surface area contributed by atoms with E-state index in [1.165, 1.54) is 11.5 Å². The fraction of sp³-hybridized carbons (Fsp3) is 0.750. The molecule has 2 rings (SSSR count). The molecular formula is C8H13N3OS2. The van der Waals surface area contributed by atoms with Crippen molar-refractivity contribution < 1.29 is 4.74 Å². The van der Waals surface area contributed by atoms with Crippen LogP contribution in [0.25, 0.3) is 0 Å². The largest absolute Gasteiger partial charge is 0.368 e. The standard InChI is InChI=1S/C8H13N3OS2/c1-2-9-8-10-7(11-14-8)6-5-13-4-3-12-6/h6H,2-5H2,1H3,(H,9,10,11). The van der Waals surface area contributed by atoms with Gasteiger partial charge in [-0.3, -0.25) is 0 Å². The lowest BCUT2D eigenvalue weighted by molar-refractivity contribution is 0.0704. The summed E-state index contributed by atoms with van der Waals surface area (Å²) in [6.07, 6.45) is 0.0948. The minimum Gasteiger partial charge on any atom is -0.368 e. The molecule has 1 unspecified atom stereocenters. The maximum absolute atomic E-state index is 5.59. The Labute approximate surface area is 91.6 Å². The summed E-state index contributed by atoms with van der Waals surface area (Å²) < 4.78 is 9.88. The average molecular weight is 231 g/mol. The second-order valence-electron chi connectivity index (χ2n) is 2.92. The van der Waals surface area contributed by atoms with Crippen LogP contribution in [0, 0.1) is 0 Å². The van der Waals surface area contributed by atoms with E-state index in [0.717, 1.165) is 35.6 Å². The quantitative estimate of drug-likeness (QED) is 0.859. The van der Waals surface area contributed by atoms with Crippen LogP contribution in [0.5, 0.6) is 0 Å². The first kappa shape index (κ1) is 10.2. The number of hydrogen-bond acceptors (Lipinski definition) is 6. The first-order valence-electron chi connectivity index (χ1n) is 4.67. The van der Waals surface area contributed by atoms with Crippen LogP contribution in [-0.4, -0.2) is 34.0 Å². The van der Waals surface area contributed by atoms with Crippen molar-refractivity contribution in [2.24, 2.45) is 0 Å². The van der Waals surface area contributed by atoms with Gasteiger partial charge >= 0.3 is 0 Å². The summed E-state index contributed by atoms with van der Waals surface area (Å²) in [6, 6.07) is 0. The second-order valence-corrected chi connectivity index (χ2v) is 4.82. The third-order valence-corrected chi connectivity index (χ3v) is 3.55. The average Bonchev–Trinajstić information content (AvgIpc) is 2.68. The van der Waals surface area contributed by atoms with Crippen LogP contribution < -0.4 is 5.32 Å². The Kier molecular flexibility index (Phi) is 3.61. The van der Waals surface area contributed by atoms with Crippen molar-refractivity contribution in [2.45, 2.75) is 13.0 Å². The normalized spacial score (nSPS) is 22.2. The molecule has 1 aromatic rings. The molecule has 4 nitrogen and oxygen atoms in total. The molecule has 78 valence electrons. The molecule has 0 amide bonds. The highest BCUT2D eigenvalue weighted by Crippen LogP contribution is 2.26. The summed E-state index contributed by atoms with van der Waals surface area (Å²) >= 11 is 3.31. The van der Waals surface area contributed by atoms with E-state index in [9.17, 15) is 0 Å². The first-order chi connectivity index (χ1) is 6.90. The van der Waals surface area contributed by atoms with Gasteiger partial charge in [0.05, 0.1) is 6.61 Å². The SMILES string of the molecule is CCNc1nc(C2CSCCO2)ns1. The van der Waals surface area contributed by atoms with Crippen LogP contribution in [0.3, 0.4) is 0 Å². The monoisotopic (exact) mass is 231 g/mol. The van der Waals surface area contributed by atoms with Crippen LogP contribution in [0.15, 0.2) is 0 Å². The first-order valence-corrected chi connectivity index (χ1v) is 6.59. The van der Waals surface area contributed by atoms with Gasteiger partial charge in [0.1, 0.15) is 6.10 Å². The Morgan fingerprint density at radius 2 is 2.57 bits per heavy atom. The minimum absolute atomic E-state index is 0.0948. The van der Waals surface area contributed by atoms with Gasteiger partial charge in [0.15, 0.2) is 5.82 Å². The summed E-state index contributed by atoms with van der Waals surface area (Å²) in [7, 11) is 0. The Balaban J connectivity index is 2.00. The predicted octanol–water partition coefficient (Wildman–Crippen LogP) is 1.77. The summed E-state index contributed by atoms with van der Waals surface area (Å²) in [5, 5.41) is 4.04. The summed E-state index contributed by atoms with van der Waals surface area (Å²) in [5.74, 6) is 2.89. The Morgan fingerprint density at radius 1 is 1.64 bits per heavy atom. The van der Waals surface area contributed by atoms with Crippen molar-refractivity contribution >= 4 is 28.4 Å². The molecule has 1 atom stereocenters. The van der Waals surface area contributed by atoms with Gasteiger partial charge in [0.2, 0.25) is 5.13 Å². The molecule has 1 aliphatic rings. The third kappa shape index (κ3) is 2.37. The highest BCUT2D eigenvalue weighted by atomic mass is 32.2. The van der Waals surface area contributed by atoms with E-state index in [0.29, 0.717) is 0 Å². The summed E-state index contributed by atoms with van der Waals surface area (Å²) in [6.45, 7) is 3.74. The zero-order chi connectivity index (χ0) is 9.80. The van der Waals surface area contributed by atoms with Crippen molar-refractivity contribution in [3.8, 4) is 0 Å². The van der Waals surface area contributed by atoms with E-state index < -0.39 is 0 Å². The molecular weight excluding hydrogens is 218 g/mol. The molecule has 1 saturated heterocycles. The molecule has 0 saturated carbocycles. The van der Waals surface area contributed by atoms with E-state index in [1.807, 2.05) is 18.7 Å². The van der Waals surface area contributed by atoms with Crippen molar-refractivity contribution in [1.82, 2.24) is 9.36 Å². The van der Waals surface area contributed by atoms with Crippen LogP contribution in [0.2, 0.25) is 0 Å². The molecule has 2 heterocycles. The molecule has 14 heavy (non-hydrogen) atoms. The van der Waals surface area contributed by atoms with Gasteiger partial charge in [0.25, 0.3) is 0 Å². The summed E-state index contributed by atoms with van der Waals surface area (Å²) in [4.78, 5) is 4.38. The van der Waals surface area contributed by atoms with Crippen molar-refractivity contribution in [3.05, 3.63) is 5.82 Å².